The van der Waals surface area contributed by atoms with E-state index in [2.05, 4.69) is 0 Å². The predicted molar refractivity (Wildman–Crippen MR) is 54.6 cm³/mol. The minimum Gasteiger partial charge on any atom is -0.298 e. The van der Waals surface area contributed by atoms with Crippen molar-refractivity contribution >= 4 is 52.1 Å². The maximum absolute atomic E-state index is 10.4. The summed E-state index contributed by atoms with van der Waals surface area (Å²) in [4.78, 5) is 10.4. The fourth-order valence-corrected chi connectivity index (χ4v) is 1.87. The molecule has 0 aromatic heterocycles. The second-order valence-electron chi connectivity index (χ2n) is 1.91. The Morgan fingerprint density at radius 3 is 2.55 bits per heavy atom. The van der Waals surface area contributed by atoms with Gasteiger partial charge in [0, 0.05) is 14.2 Å². The van der Waals surface area contributed by atoms with Crippen molar-refractivity contribution in [2.45, 2.75) is 0 Å². The van der Waals surface area contributed by atoms with Crippen molar-refractivity contribution in [2.75, 3.05) is 0 Å². The lowest BCUT2D eigenvalue weighted by molar-refractivity contribution is 0.112. The van der Waals surface area contributed by atoms with Crippen molar-refractivity contribution in [1.82, 2.24) is 0 Å². The highest BCUT2D eigenvalue weighted by molar-refractivity contribution is 14.1. The highest BCUT2D eigenvalue weighted by Crippen LogP contribution is 2.25. The number of rotatable bonds is 1. The van der Waals surface area contributed by atoms with E-state index in [9.17, 15) is 4.79 Å². The summed E-state index contributed by atoms with van der Waals surface area (Å²) in [5.41, 5.74) is 0.434. The summed E-state index contributed by atoms with van der Waals surface area (Å²) in [5, 5.41) is 0.992. The van der Waals surface area contributed by atoms with Gasteiger partial charge in [0.15, 0.2) is 6.29 Å². The minimum atomic E-state index is 0.434. The van der Waals surface area contributed by atoms with Crippen LogP contribution in [0, 0.1) is 3.57 Å². The molecule has 1 nitrogen and oxygen atoms in total. The molecule has 11 heavy (non-hydrogen) atoms. The van der Waals surface area contributed by atoms with Gasteiger partial charge in [0.1, 0.15) is 0 Å². The Hall–Kier alpha value is 0.200. The van der Waals surface area contributed by atoms with Crippen molar-refractivity contribution in [1.29, 1.82) is 0 Å². The van der Waals surface area contributed by atoms with Crippen LogP contribution in [0.3, 0.4) is 0 Å². The molecule has 0 aliphatic heterocycles. The molecule has 0 bridgehead atoms. The molecule has 0 atom stereocenters. The third kappa shape index (κ3) is 2.07. The van der Waals surface area contributed by atoms with Crippen LogP contribution in [0.25, 0.3) is 0 Å². The minimum absolute atomic E-state index is 0.434. The van der Waals surface area contributed by atoms with E-state index >= 15 is 0 Å². The fourth-order valence-electron chi connectivity index (χ4n) is 0.662. The Bertz CT molecular complexity index is 299. The van der Waals surface area contributed by atoms with Crippen LogP contribution < -0.4 is 0 Å². The summed E-state index contributed by atoms with van der Waals surface area (Å²) < 4.78 is 0.791. The SMILES string of the molecule is O=Cc1cc(Cl)cc(I)c1Cl. The highest BCUT2D eigenvalue weighted by atomic mass is 127. The van der Waals surface area contributed by atoms with Crippen LogP contribution in [0.15, 0.2) is 12.1 Å². The van der Waals surface area contributed by atoms with Gasteiger partial charge in [0.05, 0.1) is 5.02 Å². The Morgan fingerprint density at radius 1 is 1.36 bits per heavy atom. The molecule has 0 saturated carbocycles. The summed E-state index contributed by atoms with van der Waals surface area (Å²) in [6, 6.07) is 3.25. The van der Waals surface area contributed by atoms with Gasteiger partial charge in [-0.15, -0.1) is 0 Å². The smallest absolute Gasteiger partial charge is 0.151 e. The lowest BCUT2D eigenvalue weighted by Crippen LogP contribution is -1.84. The quantitative estimate of drug-likeness (QED) is 0.441. The Labute approximate surface area is 87.8 Å². The number of aldehydes is 1. The standard InChI is InChI=1S/C7H3Cl2IO/c8-5-1-4(3-11)7(9)6(10)2-5/h1-3H. The molecule has 0 aliphatic rings. The second kappa shape index (κ2) is 3.74. The van der Waals surface area contributed by atoms with Gasteiger partial charge >= 0.3 is 0 Å². The first-order valence-electron chi connectivity index (χ1n) is 2.75. The topological polar surface area (TPSA) is 17.1 Å². The molecule has 1 aromatic carbocycles. The lowest BCUT2D eigenvalue weighted by atomic mass is 10.2. The normalized spacial score (nSPS) is 9.73. The van der Waals surface area contributed by atoms with Crippen LogP contribution in [0.5, 0.6) is 0 Å². The lowest BCUT2D eigenvalue weighted by Gasteiger charge is -1.99. The molecule has 0 radical (unpaired) electrons. The molecule has 4 heteroatoms. The van der Waals surface area contributed by atoms with Crippen LogP contribution in [-0.2, 0) is 0 Å². The van der Waals surface area contributed by atoms with Gasteiger partial charge in [-0.05, 0) is 34.7 Å². The first-order chi connectivity index (χ1) is 5.15. The zero-order valence-corrected chi connectivity index (χ0v) is 8.94. The summed E-state index contributed by atoms with van der Waals surface area (Å²) in [6.45, 7) is 0. The molecule has 0 amide bonds. The van der Waals surface area contributed by atoms with Gasteiger partial charge in [0.25, 0.3) is 0 Å². The van der Waals surface area contributed by atoms with Crippen molar-refractivity contribution in [3.8, 4) is 0 Å². The van der Waals surface area contributed by atoms with E-state index in [1.165, 1.54) is 0 Å². The number of carbonyl (C=O) groups is 1. The Morgan fingerprint density at radius 2 is 2.00 bits per heavy atom. The first kappa shape index (κ1) is 9.29. The molecule has 1 rings (SSSR count). The highest BCUT2D eigenvalue weighted by Gasteiger charge is 2.04. The number of hydrogen-bond donors (Lipinski definition) is 0. The Kier molecular flexibility index (Phi) is 3.16. The molecule has 0 fully saturated rings. The van der Waals surface area contributed by atoms with Crippen LogP contribution >= 0.6 is 45.8 Å². The van der Waals surface area contributed by atoms with Crippen LogP contribution in [0.1, 0.15) is 10.4 Å². The summed E-state index contributed by atoms with van der Waals surface area (Å²) >= 11 is 13.5. The van der Waals surface area contributed by atoms with Crippen molar-refractivity contribution in [3.63, 3.8) is 0 Å². The fraction of sp³-hybridized carbons (Fsp3) is 0. The van der Waals surface area contributed by atoms with Crippen LogP contribution in [0.4, 0.5) is 0 Å². The van der Waals surface area contributed by atoms with E-state index < -0.39 is 0 Å². The molecule has 0 N–H and O–H groups in total. The van der Waals surface area contributed by atoms with Gasteiger partial charge < -0.3 is 0 Å². The summed E-state index contributed by atoms with van der Waals surface area (Å²) in [7, 11) is 0. The Balaban J connectivity index is 3.35. The van der Waals surface area contributed by atoms with E-state index in [0.717, 1.165) is 3.57 Å². The number of benzene rings is 1. The molecule has 0 saturated heterocycles. The van der Waals surface area contributed by atoms with E-state index in [1.807, 2.05) is 22.6 Å². The molecule has 58 valence electrons. The maximum Gasteiger partial charge on any atom is 0.151 e. The van der Waals surface area contributed by atoms with E-state index in [1.54, 1.807) is 12.1 Å². The third-order valence-electron chi connectivity index (χ3n) is 1.15. The van der Waals surface area contributed by atoms with Crippen molar-refractivity contribution in [2.24, 2.45) is 0 Å². The average Bonchev–Trinajstić information content (AvgIpc) is 1.96. The molecular weight excluding hydrogens is 298 g/mol. The molecular formula is C7H3Cl2IO. The maximum atomic E-state index is 10.4. The first-order valence-corrected chi connectivity index (χ1v) is 4.58. The number of halogens is 3. The van der Waals surface area contributed by atoms with Gasteiger partial charge in [-0.2, -0.15) is 0 Å². The van der Waals surface area contributed by atoms with Crippen molar-refractivity contribution in [3.05, 3.63) is 31.3 Å². The second-order valence-corrected chi connectivity index (χ2v) is 3.89. The third-order valence-corrected chi connectivity index (χ3v) is 2.96. The van der Waals surface area contributed by atoms with Gasteiger partial charge in [-0.3, -0.25) is 4.79 Å². The van der Waals surface area contributed by atoms with Gasteiger partial charge in [-0.25, -0.2) is 0 Å². The molecule has 1 aromatic rings. The number of carbonyl (C=O) groups excluding carboxylic acids is 1. The largest absolute Gasteiger partial charge is 0.298 e. The molecule has 0 aliphatic carbocycles. The molecule has 0 heterocycles. The summed E-state index contributed by atoms with van der Waals surface area (Å²) in [5.74, 6) is 0. The van der Waals surface area contributed by atoms with E-state index in [-0.39, 0.29) is 0 Å². The zero-order valence-electron chi connectivity index (χ0n) is 5.27. The zero-order chi connectivity index (χ0) is 8.43. The molecule has 0 unspecified atom stereocenters. The van der Waals surface area contributed by atoms with Crippen molar-refractivity contribution < 1.29 is 4.79 Å². The predicted octanol–water partition coefficient (Wildman–Crippen LogP) is 3.41. The average molecular weight is 301 g/mol. The molecule has 0 spiro atoms. The van der Waals surface area contributed by atoms with Gasteiger partial charge in [-0.1, -0.05) is 23.2 Å². The van der Waals surface area contributed by atoms with E-state index in [0.29, 0.717) is 21.9 Å². The van der Waals surface area contributed by atoms with Gasteiger partial charge in [0.2, 0.25) is 0 Å². The monoisotopic (exact) mass is 300 g/mol. The summed E-state index contributed by atoms with van der Waals surface area (Å²) in [6.07, 6.45) is 0.691. The number of hydrogen-bond acceptors (Lipinski definition) is 1. The van der Waals surface area contributed by atoms with E-state index in [4.69, 9.17) is 23.2 Å². The van der Waals surface area contributed by atoms with Crippen LogP contribution in [0.2, 0.25) is 10.0 Å². The van der Waals surface area contributed by atoms with Crippen LogP contribution in [-0.4, -0.2) is 6.29 Å².